The van der Waals surface area contributed by atoms with Gasteiger partial charge in [-0.1, -0.05) is 11.6 Å². The predicted octanol–water partition coefficient (Wildman–Crippen LogP) is 3.68. The van der Waals surface area contributed by atoms with E-state index in [0.717, 1.165) is 23.4 Å². The second-order valence-corrected chi connectivity index (χ2v) is 4.29. The molecule has 0 aliphatic heterocycles. The Balaban J connectivity index is 2.48. The molecule has 1 aromatic carbocycles. The molecular weight excluding hydrogens is 253 g/mol. The molecule has 0 bridgehead atoms. The van der Waals surface area contributed by atoms with E-state index in [-0.39, 0.29) is 5.02 Å². The molecular formula is C13H13ClFN3. The lowest BCUT2D eigenvalue weighted by Gasteiger charge is -2.08. The Morgan fingerprint density at radius 2 is 2.17 bits per heavy atom. The van der Waals surface area contributed by atoms with Gasteiger partial charge in [-0.3, -0.25) is 0 Å². The van der Waals surface area contributed by atoms with Crippen molar-refractivity contribution < 1.29 is 4.39 Å². The van der Waals surface area contributed by atoms with E-state index < -0.39 is 5.82 Å². The molecule has 0 saturated carbocycles. The van der Waals surface area contributed by atoms with Gasteiger partial charge in [-0.25, -0.2) is 14.4 Å². The van der Waals surface area contributed by atoms with E-state index in [1.54, 1.807) is 18.3 Å². The SMILES string of the molecule is CCNc1ncc(C)c(-c2ccc(F)c(Cl)c2)n1. The molecule has 3 nitrogen and oxygen atoms in total. The summed E-state index contributed by atoms with van der Waals surface area (Å²) in [5, 5.41) is 3.13. The second-order valence-electron chi connectivity index (χ2n) is 3.88. The summed E-state index contributed by atoms with van der Waals surface area (Å²) in [6.07, 6.45) is 1.73. The molecule has 0 unspecified atom stereocenters. The van der Waals surface area contributed by atoms with Crippen molar-refractivity contribution in [1.82, 2.24) is 9.97 Å². The number of halogens is 2. The Morgan fingerprint density at radius 1 is 1.39 bits per heavy atom. The predicted molar refractivity (Wildman–Crippen MR) is 71.3 cm³/mol. The van der Waals surface area contributed by atoms with Crippen LogP contribution in [-0.4, -0.2) is 16.5 Å². The average molecular weight is 266 g/mol. The molecule has 1 N–H and O–H groups in total. The third kappa shape index (κ3) is 2.59. The second kappa shape index (κ2) is 5.31. The van der Waals surface area contributed by atoms with Gasteiger partial charge < -0.3 is 5.32 Å². The topological polar surface area (TPSA) is 37.8 Å². The van der Waals surface area contributed by atoms with Crippen molar-refractivity contribution in [1.29, 1.82) is 0 Å². The van der Waals surface area contributed by atoms with Gasteiger partial charge in [0.05, 0.1) is 10.7 Å². The maximum atomic E-state index is 13.1. The number of benzene rings is 1. The minimum Gasteiger partial charge on any atom is -0.354 e. The van der Waals surface area contributed by atoms with Crippen LogP contribution in [0.4, 0.5) is 10.3 Å². The van der Waals surface area contributed by atoms with E-state index >= 15 is 0 Å². The number of nitrogens with one attached hydrogen (secondary N) is 1. The molecule has 1 heterocycles. The highest BCUT2D eigenvalue weighted by atomic mass is 35.5. The van der Waals surface area contributed by atoms with Crippen molar-refractivity contribution in [3.05, 3.63) is 40.8 Å². The van der Waals surface area contributed by atoms with Crippen LogP contribution >= 0.6 is 11.6 Å². The number of aromatic nitrogens is 2. The van der Waals surface area contributed by atoms with Crippen LogP contribution in [0.1, 0.15) is 12.5 Å². The summed E-state index contributed by atoms with van der Waals surface area (Å²) >= 11 is 5.78. The lowest BCUT2D eigenvalue weighted by Crippen LogP contribution is -2.03. The van der Waals surface area contributed by atoms with Gasteiger partial charge in [0.1, 0.15) is 5.82 Å². The molecule has 0 amide bonds. The Labute approximate surface area is 110 Å². The van der Waals surface area contributed by atoms with Crippen LogP contribution in [0.3, 0.4) is 0 Å². The van der Waals surface area contributed by atoms with Gasteiger partial charge in [-0.2, -0.15) is 0 Å². The van der Waals surface area contributed by atoms with Crippen LogP contribution < -0.4 is 5.32 Å². The molecule has 0 aliphatic carbocycles. The largest absolute Gasteiger partial charge is 0.354 e. The van der Waals surface area contributed by atoms with Gasteiger partial charge in [-0.05, 0) is 37.6 Å². The minimum absolute atomic E-state index is 0.0931. The van der Waals surface area contributed by atoms with Crippen LogP contribution in [0.25, 0.3) is 11.3 Å². The van der Waals surface area contributed by atoms with Crippen molar-refractivity contribution in [2.45, 2.75) is 13.8 Å². The minimum atomic E-state index is -0.431. The first kappa shape index (κ1) is 12.8. The Hall–Kier alpha value is -1.68. The smallest absolute Gasteiger partial charge is 0.223 e. The van der Waals surface area contributed by atoms with Crippen LogP contribution in [-0.2, 0) is 0 Å². The normalized spacial score (nSPS) is 10.4. The average Bonchev–Trinajstić information content (AvgIpc) is 2.35. The summed E-state index contributed by atoms with van der Waals surface area (Å²) in [6, 6.07) is 4.57. The fraction of sp³-hybridized carbons (Fsp3) is 0.231. The lowest BCUT2D eigenvalue weighted by atomic mass is 10.1. The lowest BCUT2D eigenvalue weighted by molar-refractivity contribution is 0.628. The van der Waals surface area contributed by atoms with E-state index in [9.17, 15) is 4.39 Å². The summed E-state index contributed by atoms with van der Waals surface area (Å²) in [7, 11) is 0. The maximum absolute atomic E-state index is 13.1. The molecule has 0 aliphatic rings. The first-order valence-electron chi connectivity index (χ1n) is 5.64. The van der Waals surface area contributed by atoms with Gasteiger partial charge in [0.2, 0.25) is 5.95 Å². The van der Waals surface area contributed by atoms with E-state index in [4.69, 9.17) is 11.6 Å². The summed E-state index contributed by atoms with van der Waals surface area (Å²) in [6.45, 7) is 4.62. The third-order valence-electron chi connectivity index (χ3n) is 2.50. The van der Waals surface area contributed by atoms with Crippen LogP contribution in [0, 0.1) is 12.7 Å². The zero-order valence-electron chi connectivity index (χ0n) is 10.2. The number of rotatable bonds is 3. The van der Waals surface area contributed by atoms with Gasteiger partial charge in [0.15, 0.2) is 0 Å². The van der Waals surface area contributed by atoms with Crippen molar-refractivity contribution in [3.8, 4) is 11.3 Å². The van der Waals surface area contributed by atoms with Crippen LogP contribution in [0.2, 0.25) is 5.02 Å². The number of nitrogens with zero attached hydrogens (tertiary/aromatic N) is 2. The summed E-state index contributed by atoms with van der Waals surface area (Å²) in [5.41, 5.74) is 2.45. The first-order chi connectivity index (χ1) is 8.61. The molecule has 1 aromatic heterocycles. The monoisotopic (exact) mass is 265 g/mol. The molecule has 0 fully saturated rings. The maximum Gasteiger partial charge on any atom is 0.223 e. The van der Waals surface area contributed by atoms with Gasteiger partial charge >= 0.3 is 0 Å². The van der Waals surface area contributed by atoms with E-state index in [0.29, 0.717) is 5.95 Å². The van der Waals surface area contributed by atoms with E-state index in [2.05, 4.69) is 15.3 Å². The van der Waals surface area contributed by atoms with Gasteiger partial charge in [0.25, 0.3) is 0 Å². The summed E-state index contributed by atoms with van der Waals surface area (Å²) in [5.74, 6) is 0.123. The number of hydrogen-bond acceptors (Lipinski definition) is 3. The summed E-state index contributed by atoms with van der Waals surface area (Å²) < 4.78 is 13.1. The molecule has 94 valence electrons. The zero-order chi connectivity index (χ0) is 13.1. The zero-order valence-corrected chi connectivity index (χ0v) is 10.9. The molecule has 18 heavy (non-hydrogen) atoms. The quantitative estimate of drug-likeness (QED) is 0.920. The molecule has 0 radical (unpaired) electrons. The van der Waals surface area contributed by atoms with Crippen molar-refractivity contribution in [2.24, 2.45) is 0 Å². The first-order valence-corrected chi connectivity index (χ1v) is 6.02. The van der Waals surface area contributed by atoms with Crippen LogP contribution in [0.5, 0.6) is 0 Å². The Morgan fingerprint density at radius 3 is 2.83 bits per heavy atom. The molecule has 2 rings (SSSR count). The highest BCUT2D eigenvalue weighted by Gasteiger charge is 2.08. The van der Waals surface area contributed by atoms with Crippen molar-refractivity contribution in [3.63, 3.8) is 0 Å². The number of hydrogen-bond donors (Lipinski definition) is 1. The van der Waals surface area contributed by atoms with Crippen molar-refractivity contribution >= 4 is 17.5 Å². The van der Waals surface area contributed by atoms with E-state index in [1.165, 1.54) is 6.07 Å². The number of anilines is 1. The fourth-order valence-corrected chi connectivity index (χ4v) is 1.80. The standard InChI is InChI=1S/C13H13ClFN3/c1-3-16-13-17-7-8(2)12(18-13)9-4-5-11(15)10(14)6-9/h4-7H,3H2,1-2H3,(H,16,17,18). The van der Waals surface area contributed by atoms with E-state index in [1.807, 2.05) is 13.8 Å². The third-order valence-corrected chi connectivity index (χ3v) is 2.79. The number of aryl methyl sites for hydroxylation is 1. The fourth-order valence-electron chi connectivity index (χ4n) is 1.62. The molecule has 0 spiro atoms. The highest BCUT2D eigenvalue weighted by Crippen LogP contribution is 2.26. The van der Waals surface area contributed by atoms with Gasteiger partial charge in [-0.15, -0.1) is 0 Å². The van der Waals surface area contributed by atoms with Gasteiger partial charge in [0, 0.05) is 18.3 Å². The van der Waals surface area contributed by atoms with Crippen LogP contribution in [0.15, 0.2) is 24.4 Å². The molecule has 0 atom stereocenters. The highest BCUT2D eigenvalue weighted by molar-refractivity contribution is 6.31. The van der Waals surface area contributed by atoms with Crippen molar-refractivity contribution in [2.75, 3.05) is 11.9 Å². The Bertz CT molecular complexity index is 572. The molecule has 2 aromatic rings. The summed E-state index contributed by atoms with van der Waals surface area (Å²) in [4.78, 5) is 8.56. The molecule has 5 heteroatoms. The Kier molecular flexibility index (Phi) is 3.77. The molecule has 0 saturated heterocycles.